The zero-order chi connectivity index (χ0) is 17.3. The van der Waals surface area contributed by atoms with Gasteiger partial charge in [0.1, 0.15) is 5.58 Å². The van der Waals surface area contributed by atoms with Gasteiger partial charge in [-0.2, -0.15) is 0 Å². The van der Waals surface area contributed by atoms with E-state index in [9.17, 15) is 4.79 Å². The molecular weight excluding hydrogens is 318 g/mol. The van der Waals surface area contributed by atoms with E-state index in [1.54, 1.807) is 7.11 Å². The van der Waals surface area contributed by atoms with E-state index in [-0.39, 0.29) is 11.3 Å². The average molecular weight is 343 g/mol. The predicted molar refractivity (Wildman–Crippen MR) is 94.6 cm³/mol. The van der Waals surface area contributed by atoms with Gasteiger partial charge in [-0.05, 0) is 36.8 Å². The number of nitrogens with zero attached hydrogens (tertiary/aromatic N) is 1. The fourth-order valence-electron chi connectivity index (χ4n) is 4.36. The van der Waals surface area contributed by atoms with Gasteiger partial charge in [-0.25, -0.2) is 0 Å². The number of methoxy groups -OCH3 is 1. The van der Waals surface area contributed by atoms with Crippen molar-refractivity contribution in [3.63, 3.8) is 0 Å². The van der Waals surface area contributed by atoms with Gasteiger partial charge in [0.2, 0.25) is 0 Å². The van der Waals surface area contributed by atoms with E-state index < -0.39 is 0 Å². The summed E-state index contributed by atoms with van der Waals surface area (Å²) in [5.74, 6) is 0.869. The quantitative estimate of drug-likeness (QED) is 0.858. The molecule has 1 aromatic heterocycles. The number of carbonyl (C=O) groups is 1. The second-order valence-corrected chi connectivity index (χ2v) is 7.28. The summed E-state index contributed by atoms with van der Waals surface area (Å²) < 4.78 is 16.8. The van der Waals surface area contributed by atoms with Crippen LogP contribution >= 0.6 is 0 Å². The van der Waals surface area contributed by atoms with E-state index in [4.69, 9.17) is 13.9 Å². The number of carbonyl (C=O) groups excluding carboxylic acids is 1. The molecule has 2 aliphatic heterocycles. The minimum Gasteiger partial charge on any atom is -0.451 e. The summed E-state index contributed by atoms with van der Waals surface area (Å²) in [6.07, 6.45) is 3.08. The second-order valence-electron chi connectivity index (χ2n) is 7.28. The van der Waals surface area contributed by atoms with E-state index in [0.29, 0.717) is 11.7 Å². The lowest BCUT2D eigenvalue weighted by atomic mass is 9.66. The molecule has 0 saturated carbocycles. The first-order valence-electron chi connectivity index (χ1n) is 9.06. The maximum absolute atomic E-state index is 12.8. The Balaban J connectivity index is 1.46. The van der Waals surface area contributed by atoms with Crippen LogP contribution in [0, 0.1) is 11.3 Å². The largest absolute Gasteiger partial charge is 0.451 e. The lowest BCUT2D eigenvalue weighted by Crippen LogP contribution is -2.50. The summed E-state index contributed by atoms with van der Waals surface area (Å²) in [5, 5.41) is 0.976. The first-order chi connectivity index (χ1) is 12.2. The number of piperidine rings is 1. The van der Waals surface area contributed by atoms with Crippen molar-refractivity contribution >= 4 is 16.9 Å². The minimum atomic E-state index is 0.00130. The highest BCUT2D eigenvalue weighted by atomic mass is 16.5. The number of rotatable bonds is 3. The van der Waals surface area contributed by atoms with Gasteiger partial charge < -0.3 is 18.8 Å². The zero-order valence-electron chi connectivity index (χ0n) is 14.7. The first kappa shape index (κ1) is 16.6. The molecule has 134 valence electrons. The van der Waals surface area contributed by atoms with E-state index in [1.165, 1.54) is 0 Å². The second kappa shape index (κ2) is 6.81. The molecule has 5 nitrogen and oxygen atoms in total. The van der Waals surface area contributed by atoms with Crippen LogP contribution in [-0.2, 0) is 9.47 Å². The van der Waals surface area contributed by atoms with E-state index in [2.05, 4.69) is 0 Å². The number of ether oxygens (including phenoxy) is 2. The molecule has 0 aliphatic carbocycles. The lowest BCUT2D eigenvalue weighted by Gasteiger charge is -2.48. The highest BCUT2D eigenvalue weighted by Gasteiger charge is 2.44. The molecule has 2 saturated heterocycles. The van der Waals surface area contributed by atoms with Gasteiger partial charge in [0.15, 0.2) is 5.76 Å². The SMILES string of the molecule is COCC1COCCC12CCN(C(=O)c1cc3ccccc3o1)CC2. The number of benzene rings is 1. The summed E-state index contributed by atoms with van der Waals surface area (Å²) in [4.78, 5) is 14.8. The Kier molecular flexibility index (Phi) is 4.52. The standard InChI is InChI=1S/C20H25NO4/c1-23-13-16-14-24-11-8-20(16)6-9-21(10-7-20)19(22)18-12-15-4-2-3-5-17(15)25-18/h2-5,12,16H,6-11,13-14H2,1H3. The maximum atomic E-state index is 12.8. The molecule has 1 atom stereocenters. The van der Waals surface area contributed by atoms with Crippen LogP contribution in [0.2, 0.25) is 0 Å². The highest BCUT2D eigenvalue weighted by molar-refractivity contribution is 5.96. The van der Waals surface area contributed by atoms with Crippen molar-refractivity contribution in [2.24, 2.45) is 11.3 Å². The first-order valence-corrected chi connectivity index (χ1v) is 9.06. The predicted octanol–water partition coefficient (Wildman–Crippen LogP) is 3.34. The molecule has 1 amide bonds. The Morgan fingerprint density at radius 2 is 2.08 bits per heavy atom. The molecule has 2 aromatic rings. The molecule has 2 aliphatic rings. The van der Waals surface area contributed by atoms with E-state index >= 15 is 0 Å². The molecule has 1 aromatic carbocycles. The van der Waals surface area contributed by atoms with Crippen molar-refractivity contribution in [1.82, 2.24) is 4.90 Å². The van der Waals surface area contributed by atoms with E-state index in [1.807, 2.05) is 35.2 Å². The van der Waals surface area contributed by atoms with Crippen molar-refractivity contribution in [3.05, 3.63) is 36.1 Å². The molecule has 0 bridgehead atoms. The smallest absolute Gasteiger partial charge is 0.289 e. The van der Waals surface area contributed by atoms with Gasteiger partial charge in [-0.3, -0.25) is 4.79 Å². The normalized spacial score (nSPS) is 23.2. The van der Waals surface area contributed by atoms with Gasteiger partial charge in [-0.15, -0.1) is 0 Å². The summed E-state index contributed by atoms with van der Waals surface area (Å²) in [6.45, 7) is 3.87. The average Bonchev–Trinajstić information content (AvgIpc) is 3.08. The third-order valence-corrected chi connectivity index (χ3v) is 5.98. The third kappa shape index (κ3) is 3.07. The van der Waals surface area contributed by atoms with Gasteiger partial charge in [0.05, 0.1) is 13.2 Å². The minimum absolute atomic E-state index is 0.00130. The zero-order valence-corrected chi connectivity index (χ0v) is 14.7. The fourth-order valence-corrected chi connectivity index (χ4v) is 4.36. The Morgan fingerprint density at radius 1 is 1.28 bits per heavy atom. The molecule has 1 unspecified atom stereocenters. The van der Waals surface area contributed by atoms with E-state index in [0.717, 1.165) is 63.1 Å². The fraction of sp³-hybridized carbons (Fsp3) is 0.550. The number of amides is 1. The van der Waals surface area contributed by atoms with Crippen LogP contribution in [0.5, 0.6) is 0 Å². The Morgan fingerprint density at radius 3 is 2.84 bits per heavy atom. The Hall–Kier alpha value is -1.85. The molecule has 1 spiro atoms. The molecule has 0 N–H and O–H groups in total. The van der Waals surface area contributed by atoms with Crippen molar-refractivity contribution in [2.75, 3.05) is 40.0 Å². The highest BCUT2D eigenvalue weighted by Crippen LogP contribution is 2.45. The lowest BCUT2D eigenvalue weighted by molar-refractivity contribution is -0.0913. The van der Waals surface area contributed by atoms with Crippen molar-refractivity contribution in [1.29, 1.82) is 0 Å². The molecule has 4 rings (SSSR count). The molecule has 3 heterocycles. The molecule has 5 heteroatoms. The third-order valence-electron chi connectivity index (χ3n) is 5.98. The Bertz CT molecular complexity index is 710. The van der Waals surface area contributed by atoms with Gasteiger partial charge in [0, 0.05) is 38.1 Å². The van der Waals surface area contributed by atoms with Crippen LogP contribution in [0.4, 0.5) is 0 Å². The number of para-hydroxylation sites is 1. The topological polar surface area (TPSA) is 51.9 Å². The maximum Gasteiger partial charge on any atom is 0.289 e. The molecule has 0 radical (unpaired) electrons. The number of likely N-dealkylation sites (tertiary alicyclic amines) is 1. The van der Waals surface area contributed by atoms with Crippen LogP contribution in [0.25, 0.3) is 11.0 Å². The summed E-state index contributed by atoms with van der Waals surface area (Å²) in [7, 11) is 1.75. The summed E-state index contributed by atoms with van der Waals surface area (Å²) in [6, 6.07) is 9.60. The van der Waals surface area contributed by atoms with Gasteiger partial charge >= 0.3 is 0 Å². The molecule has 2 fully saturated rings. The van der Waals surface area contributed by atoms with Crippen LogP contribution in [0.15, 0.2) is 34.7 Å². The van der Waals surface area contributed by atoms with Crippen LogP contribution in [0.1, 0.15) is 29.8 Å². The van der Waals surface area contributed by atoms with Crippen molar-refractivity contribution < 1.29 is 18.7 Å². The van der Waals surface area contributed by atoms with Crippen molar-refractivity contribution in [3.8, 4) is 0 Å². The Labute approximate surface area is 147 Å². The summed E-state index contributed by atoms with van der Waals surface area (Å²) >= 11 is 0. The number of hydrogen-bond donors (Lipinski definition) is 0. The van der Waals surface area contributed by atoms with Gasteiger partial charge in [-0.1, -0.05) is 18.2 Å². The number of furan rings is 1. The number of fused-ring (bicyclic) bond motifs is 1. The summed E-state index contributed by atoms with van der Waals surface area (Å²) in [5.41, 5.74) is 1.02. The molecular formula is C20H25NO4. The monoisotopic (exact) mass is 343 g/mol. The van der Waals surface area contributed by atoms with Crippen LogP contribution in [-0.4, -0.2) is 50.8 Å². The van der Waals surface area contributed by atoms with Crippen molar-refractivity contribution in [2.45, 2.75) is 19.3 Å². The number of hydrogen-bond acceptors (Lipinski definition) is 4. The van der Waals surface area contributed by atoms with Crippen LogP contribution in [0.3, 0.4) is 0 Å². The van der Waals surface area contributed by atoms with Crippen LogP contribution < -0.4 is 0 Å². The van der Waals surface area contributed by atoms with Gasteiger partial charge in [0.25, 0.3) is 5.91 Å². The molecule has 25 heavy (non-hydrogen) atoms.